The van der Waals surface area contributed by atoms with Crippen molar-refractivity contribution in [3.63, 3.8) is 0 Å². The molecule has 2 N–H and O–H groups in total. The van der Waals surface area contributed by atoms with E-state index in [2.05, 4.69) is 10.3 Å². The van der Waals surface area contributed by atoms with Crippen molar-refractivity contribution in [2.45, 2.75) is 31.0 Å². The Hall–Kier alpha value is -2.20. The van der Waals surface area contributed by atoms with Crippen LogP contribution in [0, 0.1) is 0 Å². The van der Waals surface area contributed by atoms with Crippen molar-refractivity contribution in [1.29, 1.82) is 0 Å². The van der Waals surface area contributed by atoms with Crippen LogP contribution in [0.15, 0.2) is 41.4 Å². The highest BCUT2D eigenvalue weighted by molar-refractivity contribution is 7.89. The van der Waals surface area contributed by atoms with Gasteiger partial charge in [-0.25, -0.2) is 13.4 Å². The molecule has 1 aliphatic rings. The molecule has 1 aromatic carbocycles. The van der Waals surface area contributed by atoms with E-state index in [1.165, 1.54) is 40.8 Å². The van der Waals surface area contributed by atoms with Crippen LogP contribution in [0.5, 0.6) is 5.75 Å². The second kappa shape index (κ2) is 8.04. The summed E-state index contributed by atoms with van der Waals surface area (Å²) in [5, 5.41) is 12.2. The van der Waals surface area contributed by atoms with E-state index >= 15 is 0 Å². The average molecular weight is 426 g/mol. The number of sulfonamides is 1. The minimum atomic E-state index is -3.92. The summed E-state index contributed by atoms with van der Waals surface area (Å²) < 4.78 is 33.1. The van der Waals surface area contributed by atoms with Crippen LogP contribution >= 0.6 is 11.6 Å². The van der Waals surface area contributed by atoms with Gasteiger partial charge in [0.2, 0.25) is 10.0 Å². The maximum absolute atomic E-state index is 13.1. The Balaban J connectivity index is 1.91. The number of anilines is 1. The van der Waals surface area contributed by atoms with Crippen LogP contribution in [0.4, 0.5) is 5.82 Å². The number of aromatic nitrogens is 1. The molecule has 10 heteroatoms. The number of carbonyl (C=O) groups excluding carboxylic acids is 1. The Morgan fingerprint density at radius 3 is 2.61 bits per heavy atom. The lowest BCUT2D eigenvalue weighted by molar-refractivity contribution is -0.0440. The van der Waals surface area contributed by atoms with Gasteiger partial charge in [-0.3, -0.25) is 4.79 Å². The number of benzene rings is 1. The lowest BCUT2D eigenvalue weighted by Gasteiger charge is -2.34. The molecule has 0 bridgehead atoms. The van der Waals surface area contributed by atoms with Crippen molar-refractivity contribution in [2.75, 3.05) is 18.4 Å². The van der Waals surface area contributed by atoms with Crippen LogP contribution in [-0.2, 0) is 14.8 Å². The van der Waals surface area contributed by atoms with Crippen molar-refractivity contribution in [1.82, 2.24) is 9.29 Å². The van der Waals surface area contributed by atoms with Crippen molar-refractivity contribution in [3.8, 4) is 5.75 Å². The Labute approximate surface area is 168 Å². The lowest BCUT2D eigenvalue weighted by atomic mass is 10.2. The molecule has 0 saturated carbocycles. The molecular formula is C18H20ClN3O5S. The highest BCUT2D eigenvalue weighted by atomic mass is 35.5. The standard InChI is InChI=1S/C18H20ClN3O5S/c1-11-9-22(10-12(2)27-11)28(25,26)16-8-13(5-6-14(16)19)18(24)21-17-15(23)4-3-7-20-17/h3-8,11-12,23H,9-10H2,1-2H3,(H,20,21,24). The number of amides is 1. The summed E-state index contributed by atoms with van der Waals surface area (Å²) in [5.74, 6) is -0.845. The predicted octanol–water partition coefficient (Wildman–Crippen LogP) is 2.49. The number of pyridine rings is 1. The third-order valence-corrected chi connectivity index (χ3v) is 6.53. The van der Waals surface area contributed by atoms with Crippen LogP contribution in [0.3, 0.4) is 0 Å². The molecule has 1 aromatic heterocycles. The van der Waals surface area contributed by atoms with E-state index in [0.717, 1.165) is 0 Å². The summed E-state index contributed by atoms with van der Waals surface area (Å²) in [6.45, 7) is 3.98. The number of nitrogens with zero attached hydrogens (tertiary/aromatic N) is 2. The number of ether oxygens (including phenoxy) is 1. The molecule has 0 radical (unpaired) electrons. The number of hydrogen-bond acceptors (Lipinski definition) is 6. The smallest absolute Gasteiger partial charge is 0.256 e. The largest absolute Gasteiger partial charge is 0.504 e. The summed E-state index contributed by atoms with van der Waals surface area (Å²) in [6, 6.07) is 6.87. The van der Waals surface area contributed by atoms with Gasteiger partial charge in [-0.15, -0.1) is 0 Å². The normalized spacial score (nSPS) is 20.7. The SMILES string of the molecule is CC1CN(S(=O)(=O)c2cc(C(=O)Nc3ncccc3O)ccc2Cl)CC(C)O1. The van der Waals surface area contributed by atoms with Gasteiger partial charge in [-0.2, -0.15) is 4.31 Å². The Morgan fingerprint density at radius 2 is 1.96 bits per heavy atom. The van der Waals surface area contributed by atoms with Crippen LogP contribution < -0.4 is 5.32 Å². The highest BCUT2D eigenvalue weighted by Gasteiger charge is 2.33. The van der Waals surface area contributed by atoms with Gasteiger partial charge in [0.1, 0.15) is 4.90 Å². The minimum absolute atomic E-state index is 0.0176. The summed E-state index contributed by atoms with van der Waals surface area (Å²) >= 11 is 6.14. The summed E-state index contributed by atoms with van der Waals surface area (Å²) in [6.07, 6.45) is 0.903. The molecule has 150 valence electrons. The van der Waals surface area contributed by atoms with E-state index in [-0.39, 0.29) is 52.3 Å². The number of hydrogen-bond donors (Lipinski definition) is 2. The molecule has 8 nitrogen and oxygen atoms in total. The number of rotatable bonds is 4. The van der Waals surface area contributed by atoms with Gasteiger partial charge in [0, 0.05) is 24.8 Å². The van der Waals surface area contributed by atoms with Crippen molar-refractivity contribution < 1.29 is 23.1 Å². The first kappa shape index (κ1) is 20.5. The molecule has 3 rings (SSSR count). The molecule has 1 amide bonds. The quantitative estimate of drug-likeness (QED) is 0.778. The van der Waals surface area contributed by atoms with Gasteiger partial charge in [0.15, 0.2) is 11.6 Å². The second-order valence-corrected chi connectivity index (χ2v) is 8.86. The van der Waals surface area contributed by atoms with Crippen LogP contribution in [0.2, 0.25) is 5.02 Å². The zero-order valence-electron chi connectivity index (χ0n) is 15.3. The van der Waals surface area contributed by atoms with Crippen molar-refractivity contribution >= 4 is 33.3 Å². The fourth-order valence-electron chi connectivity index (χ4n) is 2.98. The Morgan fingerprint density at radius 1 is 1.29 bits per heavy atom. The molecule has 2 unspecified atom stereocenters. The molecule has 2 aromatic rings. The van der Waals surface area contributed by atoms with E-state index in [9.17, 15) is 18.3 Å². The fraction of sp³-hybridized carbons (Fsp3) is 0.333. The molecule has 1 saturated heterocycles. The minimum Gasteiger partial charge on any atom is -0.504 e. The van der Waals surface area contributed by atoms with Crippen LogP contribution in [0.25, 0.3) is 0 Å². The zero-order valence-corrected chi connectivity index (χ0v) is 16.9. The fourth-order valence-corrected chi connectivity index (χ4v) is 5.07. The van der Waals surface area contributed by atoms with Crippen LogP contribution in [0.1, 0.15) is 24.2 Å². The number of nitrogens with one attached hydrogen (secondary N) is 1. The monoisotopic (exact) mass is 425 g/mol. The number of aromatic hydroxyl groups is 1. The van der Waals surface area contributed by atoms with E-state index in [1.807, 2.05) is 0 Å². The summed E-state index contributed by atoms with van der Waals surface area (Å²) in [7, 11) is -3.92. The van der Waals surface area contributed by atoms with Gasteiger partial charge in [0.05, 0.1) is 17.2 Å². The highest BCUT2D eigenvalue weighted by Crippen LogP contribution is 2.28. The Kier molecular flexibility index (Phi) is 5.90. The number of halogens is 1. The maximum atomic E-state index is 13.1. The average Bonchev–Trinajstić information content (AvgIpc) is 2.63. The van der Waals surface area contributed by atoms with E-state index in [1.54, 1.807) is 13.8 Å². The van der Waals surface area contributed by atoms with Gasteiger partial charge in [-0.05, 0) is 44.2 Å². The molecule has 0 aliphatic carbocycles. The van der Waals surface area contributed by atoms with Gasteiger partial charge in [0.25, 0.3) is 5.91 Å². The first-order valence-corrected chi connectivity index (χ1v) is 10.4. The van der Waals surface area contributed by atoms with Crippen molar-refractivity contribution in [2.24, 2.45) is 0 Å². The van der Waals surface area contributed by atoms with Gasteiger partial charge in [-0.1, -0.05) is 11.6 Å². The van der Waals surface area contributed by atoms with Gasteiger partial charge < -0.3 is 15.2 Å². The van der Waals surface area contributed by atoms with E-state index in [0.29, 0.717) is 0 Å². The first-order valence-electron chi connectivity index (χ1n) is 8.59. The maximum Gasteiger partial charge on any atom is 0.256 e. The predicted molar refractivity (Wildman–Crippen MR) is 104 cm³/mol. The second-order valence-electron chi connectivity index (χ2n) is 6.55. The topological polar surface area (TPSA) is 109 Å². The number of carbonyl (C=O) groups is 1. The van der Waals surface area contributed by atoms with E-state index in [4.69, 9.17) is 16.3 Å². The molecule has 28 heavy (non-hydrogen) atoms. The Bertz CT molecular complexity index is 988. The number of morpholine rings is 1. The van der Waals surface area contributed by atoms with Gasteiger partial charge >= 0.3 is 0 Å². The molecule has 2 atom stereocenters. The third kappa shape index (κ3) is 4.27. The molecule has 1 fully saturated rings. The van der Waals surface area contributed by atoms with E-state index < -0.39 is 15.9 Å². The third-order valence-electron chi connectivity index (χ3n) is 4.22. The summed E-state index contributed by atoms with van der Waals surface area (Å²) in [5.41, 5.74) is 0.0717. The summed E-state index contributed by atoms with van der Waals surface area (Å²) in [4.78, 5) is 16.2. The zero-order chi connectivity index (χ0) is 20.5. The molecular weight excluding hydrogens is 406 g/mol. The molecule has 0 spiro atoms. The lowest BCUT2D eigenvalue weighted by Crippen LogP contribution is -2.48. The molecule has 1 aliphatic heterocycles. The van der Waals surface area contributed by atoms with Crippen LogP contribution in [-0.4, -0.2) is 54.0 Å². The first-order chi connectivity index (χ1) is 13.2. The van der Waals surface area contributed by atoms with Crippen molar-refractivity contribution in [3.05, 3.63) is 47.1 Å². The molecule has 2 heterocycles.